The summed E-state index contributed by atoms with van der Waals surface area (Å²) in [5.74, 6) is 0.0125. The van der Waals surface area contributed by atoms with Crippen molar-refractivity contribution < 1.29 is 4.79 Å². The maximum absolute atomic E-state index is 10.6. The average molecular weight is 218 g/mol. The van der Waals surface area contributed by atoms with E-state index >= 15 is 0 Å². The Balaban J connectivity index is 2.40. The molecule has 1 aromatic carbocycles. The van der Waals surface area contributed by atoms with Crippen LogP contribution in [-0.4, -0.2) is 12.5 Å². The predicted octanol–water partition coefficient (Wildman–Crippen LogP) is 1.68. The molecule has 0 aliphatic rings. The molecule has 3 nitrogen and oxygen atoms in total. The fraction of sp³-hybridized carbons (Fsp3) is 0.308. The molecule has 0 saturated carbocycles. The van der Waals surface area contributed by atoms with Crippen LogP contribution in [0.25, 0.3) is 6.08 Å². The van der Waals surface area contributed by atoms with Gasteiger partial charge in [-0.2, -0.15) is 0 Å². The van der Waals surface area contributed by atoms with Gasteiger partial charge in [-0.1, -0.05) is 36.4 Å². The number of amides is 1. The lowest BCUT2D eigenvalue weighted by atomic mass is 10.1. The Morgan fingerprint density at radius 2 is 2.31 bits per heavy atom. The van der Waals surface area contributed by atoms with Gasteiger partial charge in [0.25, 0.3) is 0 Å². The normalized spacial score (nSPS) is 10.6. The maximum Gasteiger partial charge on any atom is 0.216 e. The molecule has 0 unspecified atom stereocenters. The Labute approximate surface area is 96.3 Å². The number of nitrogens with one attached hydrogen (secondary N) is 1. The molecular formula is C13H18N2O. The number of nitrogens with two attached hydrogens (primary N) is 1. The van der Waals surface area contributed by atoms with Gasteiger partial charge in [0.2, 0.25) is 5.91 Å². The first-order valence-corrected chi connectivity index (χ1v) is 5.42. The minimum Gasteiger partial charge on any atom is -0.356 e. The zero-order valence-corrected chi connectivity index (χ0v) is 9.57. The van der Waals surface area contributed by atoms with E-state index in [0.29, 0.717) is 13.1 Å². The van der Waals surface area contributed by atoms with E-state index in [1.54, 1.807) is 0 Å². The Kier molecular flexibility index (Phi) is 5.29. The molecule has 0 atom stereocenters. The number of carbonyl (C=O) groups excluding carboxylic acids is 1. The first kappa shape index (κ1) is 12.5. The number of benzene rings is 1. The number of rotatable bonds is 5. The number of hydrogen-bond donors (Lipinski definition) is 2. The minimum absolute atomic E-state index is 0.0125. The van der Waals surface area contributed by atoms with Gasteiger partial charge in [-0.15, -0.1) is 0 Å². The van der Waals surface area contributed by atoms with Gasteiger partial charge in [0.15, 0.2) is 0 Å². The molecule has 86 valence electrons. The molecule has 3 heteroatoms. The van der Waals surface area contributed by atoms with Crippen molar-refractivity contribution in [1.82, 2.24) is 5.32 Å². The molecule has 1 aromatic rings. The largest absolute Gasteiger partial charge is 0.356 e. The van der Waals surface area contributed by atoms with Crippen LogP contribution >= 0.6 is 0 Å². The van der Waals surface area contributed by atoms with E-state index in [9.17, 15) is 4.79 Å². The second kappa shape index (κ2) is 6.80. The molecule has 3 N–H and O–H groups in total. The zero-order valence-electron chi connectivity index (χ0n) is 9.57. The second-order valence-electron chi connectivity index (χ2n) is 3.62. The molecule has 1 rings (SSSR count). The second-order valence-corrected chi connectivity index (χ2v) is 3.62. The summed E-state index contributed by atoms with van der Waals surface area (Å²) in [5, 5.41) is 2.74. The summed E-state index contributed by atoms with van der Waals surface area (Å²) in [4.78, 5) is 10.6. The molecule has 0 saturated heterocycles. The third kappa shape index (κ3) is 4.75. The Hall–Kier alpha value is -1.61. The third-order valence-corrected chi connectivity index (χ3v) is 2.18. The SMILES string of the molecule is CC(=O)NCCC=Cc1cccc(CN)c1. The lowest BCUT2D eigenvalue weighted by Crippen LogP contribution is -2.20. The van der Waals surface area contributed by atoms with E-state index < -0.39 is 0 Å². The molecule has 0 heterocycles. The van der Waals surface area contributed by atoms with Crippen molar-refractivity contribution in [3.8, 4) is 0 Å². The molecule has 0 aliphatic carbocycles. The zero-order chi connectivity index (χ0) is 11.8. The van der Waals surface area contributed by atoms with Crippen LogP contribution in [0.15, 0.2) is 30.3 Å². The summed E-state index contributed by atoms with van der Waals surface area (Å²) < 4.78 is 0. The summed E-state index contributed by atoms with van der Waals surface area (Å²) in [6.45, 7) is 2.77. The molecule has 1 amide bonds. The van der Waals surface area contributed by atoms with Gasteiger partial charge in [0.05, 0.1) is 0 Å². The molecule has 0 radical (unpaired) electrons. The number of carbonyl (C=O) groups is 1. The van der Waals surface area contributed by atoms with Gasteiger partial charge in [-0.25, -0.2) is 0 Å². The Morgan fingerprint density at radius 3 is 3.00 bits per heavy atom. The summed E-state index contributed by atoms with van der Waals surface area (Å²) in [6, 6.07) is 8.10. The highest BCUT2D eigenvalue weighted by atomic mass is 16.1. The average Bonchev–Trinajstić information content (AvgIpc) is 2.28. The monoisotopic (exact) mass is 218 g/mol. The van der Waals surface area contributed by atoms with E-state index in [0.717, 1.165) is 17.5 Å². The highest BCUT2D eigenvalue weighted by molar-refractivity contribution is 5.72. The van der Waals surface area contributed by atoms with Gasteiger partial charge in [-0.05, 0) is 17.5 Å². The fourth-order valence-corrected chi connectivity index (χ4v) is 1.37. The highest BCUT2D eigenvalue weighted by Crippen LogP contribution is 2.06. The molecule has 0 aromatic heterocycles. The van der Waals surface area contributed by atoms with Crippen LogP contribution in [0.5, 0.6) is 0 Å². The molecule has 16 heavy (non-hydrogen) atoms. The van der Waals surface area contributed by atoms with Gasteiger partial charge in [0.1, 0.15) is 0 Å². The summed E-state index contributed by atoms with van der Waals surface area (Å²) in [7, 11) is 0. The van der Waals surface area contributed by atoms with E-state index in [2.05, 4.69) is 11.4 Å². The molecular weight excluding hydrogens is 200 g/mol. The van der Waals surface area contributed by atoms with Crippen molar-refractivity contribution in [2.75, 3.05) is 6.54 Å². The van der Waals surface area contributed by atoms with Crippen molar-refractivity contribution in [2.24, 2.45) is 5.73 Å². The van der Waals surface area contributed by atoms with Crippen molar-refractivity contribution in [3.05, 3.63) is 41.5 Å². The minimum atomic E-state index is 0.0125. The van der Waals surface area contributed by atoms with Crippen molar-refractivity contribution in [2.45, 2.75) is 19.9 Å². The van der Waals surface area contributed by atoms with Gasteiger partial charge in [0, 0.05) is 20.0 Å². The van der Waals surface area contributed by atoms with Gasteiger partial charge >= 0.3 is 0 Å². The fourth-order valence-electron chi connectivity index (χ4n) is 1.37. The first-order valence-electron chi connectivity index (χ1n) is 5.42. The Morgan fingerprint density at radius 1 is 1.50 bits per heavy atom. The quantitative estimate of drug-likeness (QED) is 0.739. The first-order chi connectivity index (χ1) is 7.72. The van der Waals surface area contributed by atoms with E-state index in [-0.39, 0.29) is 5.91 Å². The van der Waals surface area contributed by atoms with Crippen molar-refractivity contribution >= 4 is 12.0 Å². The van der Waals surface area contributed by atoms with Crippen LogP contribution < -0.4 is 11.1 Å². The summed E-state index contributed by atoms with van der Waals surface area (Å²) in [5.41, 5.74) is 7.83. The van der Waals surface area contributed by atoms with Crippen LogP contribution in [0.4, 0.5) is 0 Å². The third-order valence-electron chi connectivity index (χ3n) is 2.18. The molecule has 0 fully saturated rings. The van der Waals surface area contributed by atoms with Gasteiger partial charge in [-0.3, -0.25) is 4.79 Å². The van der Waals surface area contributed by atoms with Crippen molar-refractivity contribution in [1.29, 1.82) is 0 Å². The van der Waals surface area contributed by atoms with E-state index in [4.69, 9.17) is 5.73 Å². The van der Waals surface area contributed by atoms with Crippen LogP contribution in [0.2, 0.25) is 0 Å². The highest BCUT2D eigenvalue weighted by Gasteiger charge is 1.90. The standard InChI is InChI=1S/C13H18N2O/c1-11(16)15-8-3-2-5-12-6-4-7-13(9-12)10-14/h2,4-7,9H,3,8,10,14H2,1H3,(H,15,16). The Bertz CT molecular complexity index is 372. The predicted molar refractivity (Wildman–Crippen MR) is 66.7 cm³/mol. The molecule has 0 aliphatic heterocycles. The molecule has 0 spiro atoms. The van der Waals surface area contributed by atoms with E-state index in [1.165, 1.54) is 6.92 Å². The summed E-state index contributed by atoms with van der Waals surface area (Å²) >= 11 is 0. The van der Waals surface area contributed by atoms with Gasteiger partial charge < -0.3 is 11.1 Å². The lowest BCUT2D eigenvalue weighted by Gasteiger charge is -1.99. The van der Waals surface area contributed by atoms with Crippen LogP contribution in [-0.2, 0) is 11.3 Å². The van der Waals surface area contributed by atoms with Crippen LogP contribution in [0, 0.1) is 0 Å². The summed E-state index contributed by atoms with van der Waals surface area (Å²) in [6.07, 6.45) is 4.93. The number of hydrogen-bond acceptors (Lipinski definition) is 2. The topological polar surface area (TPSA) is 55.1 Å². The maximum atomic E-state index is 10.6. The van der Waals surface area contributed by atoms with Crippen LogP contribution in [0.1, 0.15) is 24.5 Å². The van der Waals surface area contributed by atoms with Crippen molar-refractivity contribution in [3.63, 3.8) is 0 Å². The van der Waals surface area contributed by atoms with E-state index in [1.807, 2.05) is 30.4 Å². The smallest absolute Gasteiger partial charge is 0.216 e. The van der Waals surface area contributed by atoms with Crippen LogP contribution in [0.3, 0.4) is 0 Å². The molecule has 0 bridgehead atoms. The lowest BCUT2D eigenvalue weighted by molar-refractivity contribution is -0.118.